The van der Waals surface area contributed by atoms with Crippen LogP contribution in [0.2, 0.25) is 0 Å². The molecule has 5 rings (SSSR count). The number of rotatable bonds is 2. The van der Waals surface area contributed by atoms with Crippen molar-refractivity contribution >= 4 is 29.4 Å². The van der Waals surface area contributed by atoms with E-state index >= 15 is 0 Å². The first-order valence-corrected chi connectivity index (χ1v) is 10.9. The van der Waals surface area contributed by atoms with Gasteiger partial charge in [0.2, 0.25) is 0 Å². The summed E-state index contributed by atoms with van der Waals surface area (Å²) in [5, 5.41) is 3.69. The number of aromatic nitrogens is 1. The molecular formula is C25H22N2S2. The Morgan fingerprint density at radius 1 is 0.897 bits per heavy atom. The first kappa shape index (κ1) is 18.3. The van der Waals surface area contributed by atoms with Gasteiger partial charge in [0.1, 0.15) is 4.64 Å². The average molecular weight is 415 g/mol. The Bertz CT molecular complexity index is 1260. The largest absolute Gasteiger partial charge is 0.375 e. The molecule has 2 nitrogen and oxygen atoms in total. The second-order valence-corrected chi connectivity index (χ2v) is 9.45. The predicted octanol–water partition coefficient (Wildman–Crippen LogP) is 7.57. The maximum atomic E-state index is 5.99. The van der Waals surface area contributed by atoms with Gasteiger partial charge < -0.3 is 5.32 Å². The van der Waals surface area contributed by atoms with Crippen molar-refractivity contribution in [2.45, 2.75) is 26.3 Å². The highest BCUT2D eigenvalue weighted by atomic mass is 32.1. The van der Waals surface area contributed by atoms with Gasteiger partial charge in [-0.15, -0.1) is 0 Å². The van der Waals surface area contributed by atoms with Crippen LogP contribution in [0.25, 0.3) is 27.9 Å². The summed E-state index contributed by atoms with van der Waals surface area (Å²) in [5.74, 6) is 0. The number of fused-ring (bicyclic) bond motifs is 3. The fourth-order valence-electron chi connectivity index (χ4n) is 4.00. The molecule has 29 heavy (non-hydrogen) atoms. The monoisotopic (exact) mass is 414 g/mol. The number of hydrogen-bond acceptors (Lipinski definition) is 3. The summed E-state index contributed by atoms with van der Waals surface area (Å²) in [6.07, 6.45) is 0. The number of benzene rings is 3. The lowest BCUT2D eigenvalue weighted by Gasteiger charge is -2.33. The molecule has 2 heterocycles. The molecule has 0 spiro atoms. The van der Waals surface area contributed by atoms with Gasteiger partial charge in [0, 0.05) is 16.8 Å². The molecule has 144 valence electrons. The standard InChI is InChI=1S/C25H22N2S2/c1-16-9-14-21-20(15-16)22-23(25(2,3)26-21)29-27(24(22)28)19-12-10-18(11-13-19)17-7-5-4-6-8-17/h4-15,26H,1-3H3. The van der Waals surface area contributed by atoms with E-state index in [9.17, 15) is 0 Å². The average Bonchev–Trinajstić information content (AvgIpc) is 3.08. The van der Waals surface area contributed by atoms with E-state index < -0.39 is 0 Å². The van der Waals surface area contributed by atoms with E-state index in [1.807, 2.05) is 6.07 Å². The number of nitrogens with one attached hydrogen (secondary N) is 1. The molecular weight excluding hydrogens is 392 g/mol. The third-order valence-corrected chi connectivity index (χ3v) is 7.45. The zero-order chi connectivity index (χ0) is 20.2. The maximum Gasteiger partial charge on any atom is 0.129 e. The Morgan fingerprint density at radius 2 is 1.59 bits per heavy atom. The van der Waals surface area contributed by atoms with Crippen molar-refractivity contribution in [3.05, 3.63) is 87.9 Å². The van der Waals surface area contributed by atoms with Crippen LogP contribution in [-0.4, -0.2) is 3.96 Å². The molecule has 4 aromatic rings. The van der Waals surface area contributed by atoms with Gasteiger partial charge in [-0.05, 0) is 56.2 Å². The van der Waals surface area contributed by atoms with Crippen molar-refractivity contribution in [2.75, 3.05) is 5.32 Å². The molecule has 3 aromatic carbocycles. The van der Waals surface area contributed by atoms with Gasteiger partial charge in [0.15, 0.2) is 0 Å². The van der Waals surface area contributed by atoms with E-state index in [2.05, 4.69) is 96.8 Å². The number of aryl methyl sites for hydroxylation is 1. The number of hydrogen-bond donors (Lipinski definition) is 1. The zero-order valence-electron chi connectivity index (χ0n) is 16.7. The molecule has 0 fully saturated rings. The minimum Gasteiger partial charge on any atom is -0.375 e. The van der Waals surface area contributed by atoms with Gasteiger partial charge in [0.25, 0.3) is 0 Å². The summed E-state index contributed by atoms with van der Waals surface area (Å²) in [6, 6.07) is 25.7. The van der Waals surface area contributed by atoms with Crippen molar-refractivity contribution in [3.63, 3.8) is 0 Å². The molecule has 1 aliphatic heterocycles. The summed E-state index contributed by atoms with van der Waals surface area (Å²) >= 11 is 7.73. The number of anilines is 1. The second kappa shape index (κ2) is 6.68. The van der Waals surface area contributed by atoms with Gasteiger partial charge in [-0.25, -0.2) is 0 Å². The van der Waals surface area contributed by atoms with Crippen LogP contribution in [-0.2, 0) is 5.54 Å². The molecule has 1 N–H and O–H groups in total. The molecule has 0 unspecified atom stereocenters. The lowest BCUT2D eigenvalue weighted by Crippen LogP contribution is -2.30. The fourth-order valence-corrected chi connectivity index (χ4v) is 5.65. The van der Waals surface area contributed by atoms with Crippen LogP contribution in [0, 0.1) is 11.6 Å². The van der Waals surface area contributed by atoms with E-state index in [0.29, 0.717) is 0 Å². The van der Waals surface area contributed by atoms with E-state index in [-0.39, 0.29) is 5.54 Å². The van der Waals surface area contributed by atoms with Crippen LogP contribution in [0.4, 0.5) is 5.69 Å². The summed E-state index contributed by atoms with van der Waals surface area (Å²) in [5.41, 5.74) is 8.19. The van der Waals surface area contributed by atoms with Gasteiger partial charge in [0.05, 0.1) is 16.1 Å². The Hall–Kier alpha value is -2.69. The van der Waals surface area contributed by atoms with E-state index in [0.717, 1.165) is 16.0 Å². The second-order valence-electron chi connectivity index (χ2n) is 8.11. The van der Waals surface area contributed by atoms with E-state index in [4.69, 9.17) is 12.2 Å². The molecule has 1 aliphatic rings. The van der Waals surface area contributed by atoms with Crippen molar-refractivity contribution in [2.24, 2.45) is 0 Å². The van der Waals surface area contributed by atoms with Crippen LogP contribution >= 0.6 is 23.8 Å². The molecule has 4 heteroatoms. The molecule has 0 saturated heterocycles. The molecule has 0 saturated carbocycles. The smallest absolute Gasteiger partial charge is 0.129 e. The third-order valence-electron chi connectivity index (χ3n) is 5.48. The van der Waals surface area contributed by atoms with Crippen LogP contribution in [0.1, 0.15) is 24.3 Å². The van der Waals surface area contributed by atoms with Gasteiger partial charge in [-0.1, -0.05) is 77.8 Å². The minimum atomic E-state index is -0.162. The summed E-state index contributed by atoms with van der Waals surface area (Å²) < 4.78 is 3.08. The maximum absolute atomic E-state index is 5.99. The molecule has 0 radical (unpaired) electrons. The Kier molecular flexibility index (Phi) is 4.23. The predicted molar refractivity (Wildman–Crippen MR) is 127 cm³/mol. The van der Waals surface area contributed by atoms with Crippen molar-refractivity contribution in [1.29, 1.82) is 0 Å². The Labute approximate surface area is 180 Å². The molecule has 0 bridgehead atoms. The fraction of sp³-hybridized carbons (Fsp3) is 0.160. The van der Waals surface area contributed by atoms with Crippen molar-refractivity contribution in [1.82, 2.24) is 3.96 Å². The lowest BCUT2D eigenvalue weighted by molar-refractivity contribution is 0.620. The normalized spacial score (nSPS) is 14.0. The molecule has 0 amide bonds. The SMILES string of the molecule is Cc1ccc2c(c1)-c1c(sn(-c3ccc(-c4ccccc4)cc3)c1=S)C(C)(C)N2. The first-order valence-electron chi connectivity index (χ1n) is 9.76. The van der Waals surface area contributed by atoms with E-state index in [1.54, 1.807) is 11.5 Å². The van der Waals surface area contributed by atoms with Crippen LogP contribution in [0.5, 0.6) is 0 Å². The quantitative estimate of drug-likeness (QED) is 0.341. The molecule has 0 aliphatic carbocycles. The summed E-state index contributed by atoms with van der Waals surface area (Å²) in [4.78, 5) is 1.28. The van der Waals surface area contributed by atoms with Gasteiger partial charge in [-0.3, -0.25) is 3.96 Å². The summed E-state index contributed by atoms with van der Waals surface area (Å²) in [7, 11) is 0. The zero-order valence-corrected chi connectivity index (χ0v) is 18.3. The van der Waals surface area contributed by atoms with Gasteiger partial charge >= 0.3 is 0 Å². The topological polar surface area (TPSA) is 17.0 Å². The Balaban J connectivity index is 1.65. The van der Waals surface area contributed by atoms with E-state index in [1.165, 1.54) is 32.7 Å². The third kappa shape index (κ3) is 3.04. The highest BCUT2D eigenvalue weighted by molar-refractivity contribution is 7.71. The highest BCUT2D eigenvalue weighted by Crippen LogP contribution is 2.47. The van der Waals surface area contributed by atoms with Crippen LogP contribution in [0.15, 0.2) is 72.8 Å². The first-order chi connectivity index (χ1) is 13.9. The summed E-state index contributed by atoms with van der Waals surface area (Å²) in [6.45, 7) is 6.58. The molecule has 0 atom stereocenters. The van der Waals surface area contributed by atoms with Crippen LogP contribution < -0.4 is 5.32 Å². The van der Waals surface area contributed by atoms with Gasteiger partial charge in [-0.2, -0.15) is 0 Å². The Morgan fingerprint density at radius 3 is 2.31 bits per heavy atom. The van der Waals surface area contributed by atoms with Crippen molar-refractivity contribution in [3.8, 4) is 27.9 Å². The molecule has 1 aromatic heterocycles. The highest BCUT2D eigenvalue weighted by Gasteiger charge is 2.34. The van der Waals surface area contributed by atoms with Crippen LogP contribution in [0.3, 0.4) is 0 Å². The van der Waals surface area contributed by atoms with Crippen molar-refractivity contribution < 1.29 is 0 Å². The minimum absolute atomic E-state index is 0.162. The number of nitrogens with zero attached hydrogens (tertiary/aromatic N) is 1. The lowest BCUT2D eigenvalue weighted by atomic mass is 9.89.